The molecule has 15 heteroatoms. The maximum Gasteiger partial charge on any atom is 0.272 e. The van der Waals surface area contributed by atoms with Crippen molar-refractivity contribution >= 4 is 39.9 Å². The van der Waals surface area contributed by atoms with Crippen LogP contribution in [0.25, 0.3) is 11.5 Å². The van der Waals surface area contributed by atoms with E-state index in [1.165, 1.54) is 17.6 Å². The topological polar surface area (TPSA) is 229 Å². The normalized spacial score (nSPS) is 16.8. The molecule has 3 aromatic heterocycles. The highest BCUT2D eigenvalue weighted by Gasteiger charge is 2.41. The third kappa shape index (κ3) is 4.58. The molecule has 4 rings (SSSR count). The molecule has 1 saturated heterocycles. The van der Waals surface area contributed by atoms with Gasteiger partial charge in [0.15, 0.2) is 16.7 Å². The van der Waals surface area contributed by atoms with Gasteiger partial charge in [-0.05, 0) is 6.07 Å². The molecule has 1 fully saturated rings. The SMILES string of the molecule is N=C(C(=O)NC1C(=O)NC1CNC(=O)c1ccnc(-c2cc(=O)c(O)c[nH]2)n1)c1csc(N)n1. The zero-order valence-electron chi connectivity index (χ0n) is 17.2. The zero-order chi connectivity index (χ0) is 24.4. The van der Waals surface area contributed by atoms with Gasteiger partial charge in [0.2, 0.25) is 11.3 Å². The van der Waals surface area contributed by atoms with E-state index in [0.29, 0.717) is 0 Å². The lowest BCUT2D eigenvalue weighted by molar-refractivity contribution is -0.134. The summed E-state index contributed by atoms with van der Waals surface area (Å²) in [5, 5.41) is 26.5. The molecular weight excluding hydrogens is 466 g/mol. The minimum Gasteiger partial charge on any atom is -0.503 e. The summed E-state index contributed by atoms with van der Waals surface area (Å²) in [4.78, 5) is 63.0. The van der Waals surface area contributed by atoms with Gasteiger partial charge in [0.25, 0.3) is 11.8 Å². The van der Waals surface area contributed by atoms with Crippen LogP contribution in [0.4, 0.5) is 5.13 Å². The maximum atomic E-state index is 12.5. The van der Waals surface area contributed by atoms with Crippen LogP contribution in [-0.4, -0.2) is 67.1 Å². The van der Waals surface area contributed by atoms with Crippen LogP contribution in [0.1, 0.15) is 16.2 Å². The van der Waals surface area contributed by atoms with Crippen molar-refractivity contribution in [3.8, 4) is 17.3 Å². The van der Waals surface area contributed by atoms with Gasteiger partial charge >= 0.3 is 0 Å². The lowest BCUT2D eigenvalue weighted by atomic mass is 9.98. The molecule has 0 aromatic carbocycles. The van der Waals surface area contributed by atoms with E-state index >= 15 is 0 Å². The molecule has 1 aliphatic heterocycles. The van der Waals surface area contributed by atoms with Crippen LogP contribution < -0.4 is 27.1 Å². The highest BCUT2D eigenvalue weighted by Crippen LogP contribution is 2.13. The number of β-lactam (4-membered cyclic amide) rings is 1. The summed E-state index contributed by atoms with van der Waals surface area (Å²) < 4.78 is 0. The Balaban J connectivity index is 1.36. The lowest BCUT2D eigenvalue weighted by Gasteiger charge is -2.37. The minimum atomic E-state index is -0.952. The number of aromatic nitrogens is 4. The standard InChI is InChI=1S/C19H17N9O5S/c20-13(10-6-34-19(21)27-10)17(32)28-14-9(26-18(14)33)4-24-16(31)7-1-2-22-15(25-7)8-3-11(29)12(30)5-23-8/h1-3,5-6,9,14,20,30H,4H2,(H2,21,27)(H,23,29)(H,24,31)(H,26,33)(H,28,32). The molecule has 34 heavy (non-hydrogen) atoms. The lowest BCUT2D eigenvalue weighted by Crippen LogP contribution is -2.72. The Bertz CT molecular complexity index is 1370. The summed E-state index contributed by atoms with van der Waals surface area (Å²) in [5.74, 6) is -2.24. The van der Waals surface area contributed by atoms with Crippen LogP contribution in [0.2, 0.25) is 0 Å². The molecule has 4 heterocycles. The summed E-state index contributed by atoms with van der Waals surface area (Å²) in [6.45, 7) is -0.0259. The first-order chi connectivity index (χ1) is 16.2. The van der Waals surface area contributed by atoms with Crippen LogP contribution in [0, 0.1) is 5.41 Å². The number of thiazole rings is 1. The molecule has 0 radical (unpaired) electrons. The van der Waals surface area contributed by atoms with Crippen molar-refractivity contribution in [3.05, 3.63) is 51.5 Å². The van der Waals surface area contributed by atoms with Gasteiger partial charge in [0, 0.05) is 30.4 Å². The number of pyridine rings is 1. The molecule has 3 aromatic rings. The number of nitrogen functional groups attached to an aromatic ring is 1. The highest BCUT2D eigenvalue weighted by atomic mass is 32.1. The second-order valence-corrected chi connectivity index (χ2v) is 7.97. The van der Waals surface area contributed by atoms with Crippen molar-refractivity contribution in [2.75, 3.05) is 12.3 Å². The highest BCUT2D eigenvalue weighted by molar-refractivity contribution is 7.13. The van der Waals surface area contributed by atoms with E-state index < -0.39 is 46.7 Å². The van der Waals surface area contributed by atoms with E-state index in [1.54, 1.807) is 0 Å². The van der Waals surface area contributed by atoms with Crippen molar-refractivity contribution in [2.45, 2.75) is 12.1 Å². The zero-order valence-corrected chi connectivity index (χ0v) is 18.0. The molecular formula is C19H17N9O5S. The summed E-state index contributed by atoms with van der Waals surface area (Å²) in [5.41, 5.74) is 4.74. The van der Waals surface area contributed by atoms with Gasteiger partial charge in [-0.15, -0.1) is 11.3 Å². The van der Waals surface area contributed by atoms with Gasteiger partial charge < -0.3 is 31.8 Å². The fourth-order valence-corrected chi connectivity index (χ4v) is 3.56. The maximum absolute atomic E-state index is 12.5. The van der Waals surface area contributed by atoms with E-state index in [2.05, 4.69) is 35.9 Å². The Morgan fingerprint density at radius 1 is 1.26 bits per heavy atom. The predicted molar refractivity (Wildman–Crippen MR) is 119 cm³/mol. The summed E-state index contributed by atoms with van der Waals surface area (Å²) in [7, 11) is 0. The van der Waals surface area contributed by atoms with Gasteiger partial charge in [-0.3, -0.25) is 24.6 Å². The number of amides is 3. The fourth-order valence-electron chi connectivity index (χ4n) is 3.01. The molecule has 3 amide bonds. The van der Waals surface area contributed by atoms with E-state index in [4.69, 9.17) is 11.1 Å². The molecule has 2 unspecified atom stereocenters. The number of nitrogens with zero attached hydrogens (tertiary/aromatic N) is 3. The first-order valence-electron chi connectivity index (χ1n) is 9.67. The first-order valence-corrected chi connectivity index (χ1v) is 10.6. The number of nitrogens with one attached hydrogen (secondary N) is 5. The number of aromatic amines is 1. The quantitative estimate of drug-likeness (QED) is 0.151. The number of hydrogen-bond donors (Lipinski definition) is 7. The number of aromatic hydroxyl groups is 1. The van der Waals surface area contributed by atoms with E-state index in [1.807, 2.05) is 0 Å². The largest absolute Gasteiger partial charge is 0.503 e. The Labute approximate surface area is 194 Å². The number of nitrogens with two attached hydrogens (primary N) is 1. The first kappa shape index (κ1) is 22.5. The van der Waals surface area contributed by atoms with Gasteiger partial charge in [-0.25, -0.2) is 15.0 Å². The molecule has 8 N–H and O–H groups in total. The number of carbonyl (C=O) groups is 3. The molecule has 1 aliphatic rings. The van der Waals surface area contributed by atoms with Crippen molar-refractivity contribution in [1.82, 2.24) is 35.9 Å². The average Bonchev–Trinajstić information content (AvgIpc) is 3.27. The van der Waals surface area contributed by atoms with Crippen molar-refractivity contribution in [2.24, 2.45) is 0 Å². The van der Waals surface area contributed by atoms with Crippen LogP contribution >= 0.6 is 11.3 Å². The van der Waals surface area contributed by atoms with Crippen LogP contribution in [-0.2, 0) is 9.59 Å². The molecule has 0 saturated carbocycles. The van der Waals surface area contributed by atoms with Crippen LogP contribution in [0.3, 0.4) is 0 Å². The van der Waals surface area contributed by atoms with Crippen molar-refractivity contribution < 1.29 is 19.5 Å². The second kappa shape index (κ2) is 9.07. The Morgan fingerprint density at radius 2 is 2.06 bits per heavy atom. The van der Waals surface area contributed by atoms with Gasteiger partial charge in [-0.1, -0.05) is 0 Å². The van der Waals surface area contributed by atoms with Crippen molar-refractivity contribution in [1.29, 1.82) is 5.41 Å². The number of H-pyrrole nitrogens is 1. The van der Waals surface area contributed by atoms with Gasteiger partial charge in [0.1, 0.15) is 23.1 Å². The number of carbonyl (C=O) groups excluding carboxylic acids is 3. The Morgan fingerprint density at radius 3 is 2.74 bits per heavy atom. The molecule has 0 spiro atoms. The van der Waals surface area contributed by atoms with Crippen molar-refractivity contribution in [3.63, 3.8) is 0 Å². The third-order valence-corrected chi connectivity index (χ3v) is 5.48. The number of anilines is 1. The molecule has 0 bridgehead atoms. The number of hydrogen-bond acceptors (Lipinski definition) is 11. The fraction of sp³-hybridized carbons (Fsp3) is 0.158. The summed E-state index contributed by atoms with van der Waals surface area (Å²) in [6.07, 6.45) is 2.41. The minimum absolute atomic E-state index is 0.00643. The second-order valence-electron chi connectivity index (χ2n) is 7.08. The van der Waals surface area contributed by atoms with Crippen LogP contribution in [0.5, 0.6) is 5.75 Å². The third-order valence-electron chi connectivity index (χ3n) is 4.81. The average molecular weight is 483 g/mol. The molecule has 2 atom stereocenters. The Kier molecular flexibility index (Phi) is 6.01. The molecule has 174 valence electrons. The predicted octanol–water partition coefficient (Wildman–Crippen LogP) is -1.64. The number of rotatable bonds is 7. The van der Waals surface area contributed by atoms with E-state index in [-0.39, 0.29) is 34.6 Å². The van der Waals surface area contributed by atoms with E-state index in [0.717, 1.165) is 23.6 Å². The van der Waals surface area contributed by atoms with Crippen LogP contribution in [0.15, 0.2) is 34.7 Å². The summed E-state index contributed by atoms with van der Waals surface area (Å²) in [6, 6.07) is 0.897. The van der Waals surface area contributed by atoms with E-state index in [9.17, 15) is 24.3 Å². The van der Waals surface area contributed by atoms with Gasteiger partial charge in [-0.2, -0.15) is 0 Å². The molecule has 0 aliphatic carbocycles. The Hall–Kier alpha value is -4.66. The van der Waals surface area contributed by atoms with Gasteiger partial charge in [0.05, 0.1) is 11.7 Å². The summed E-state index contributed by atoms with van der Waals surface area (Å²) >= 11 is 1.08. The monoisotopic (exact) mass is 483 g/mol. The smallest absolute Gasteiger partial charge is 0.272 e. The molecule has 14 nitrogen and oxygen atoms in total.